The van der Waals surface area contributed by atoms with Crippen LogP contribution in [-0.4, -0.2) is 17.5 Å². The minimum absolute atomic E-state index is 0.258. The Balaban J connectivity index is 1.62. The number of aliphatic imine (C=N–C) groups is 1. The molecule has 2 aliphatic rings. The molecule has 1 aliphatic heterocycles. The van der Waals surface area contributed by atoms with E-state index in [0.29, 0.717) is 5.41 Å². The molecule has 0 radical (unpaired) electrons. The Kier molecular flexibility index (Phi) is 4.34. The number of hydrogen-bond donors (Lipinski definition) is 1. The molecule has 3 rings (SSSR count). The third-order valence-electron chi connectivity index (χ3n) is 4.87. The van der Waals surface area contributed by atoms with Gasteiger partial charge >= 0.3 is 0 Å². The van der Waals surface area contributed by atoms with Gasteiger partial charge in [0.05, 0.1) is 6.04 Å². The summed E-state index contributed by atoms with van der Waals surface area (Å²) in [6, 6.07) is 2.39. The largest absolute Gasteiger partial charge is 0.466 e. The number of furan rings is 1. The Morgan fingerprint density at radius 2 is 2.05 bits per heavy atom. The number of hydrogen-bond acceptors (Lipinski definition) is 4. The van der Waals surface area contributed by atoms with E-state index in [-0.39, 0.29) is 6.04 Å². The van der Waals surface area contributed by atoms with Crippen molar-refractivity contribution in [2.45, 2.75) is 58.9 Å². The summed E-state index contributed by atoms with van der Waals surface area (Å²) in [6.45, 7) is 7.24. The van der Waals surface area contributed by atoms with Crippen LogP contribution in [0.3, 0.4) is 0 Å². The third-order valence-corrected chi connectivity index (χ3v) is 6.15. The van der Waals surface area contributed by atoms with Gasteiger partial charge in [-0.3, -0.25) is 4.99 Å². The maximum atomic E-state index is 5.63. The molecule has 4 heteroatoms. The quantitative estimate of drug-likeness (QED) is 0.867. The van der Waals surface area contributed by atoms with E-state index in [1.54, 1.807) is 0 Å². The fourth-order valence-corrected chi connectivity index (χ4v) is 4.83. The minimum Gasteiger partial charge on any atom is -0.466 e. The van der Waals surface area contributed by atoms with Gasteiger partial charge in [-0.05, 0) is 45.1 Å². The first kappa shape index (κ1) is 15.0. The van der Waals surface area contributed by atoms with Crippen LogP contribution in [0.25, 0.3) is 0 Å². The Morgan fingerprint density at radius 1 is 1.29 bits per heavy atom. The predicted octanol–water partition coefficient (Wildman–Crippen LogP) is 4.60. The van der Waals surface area contributed by atoms with E-state index < -0.39 is 0 Å². The van der Waals surface area contributed by atoms with Crippen LogP contribution in [0.1, 0.15) is 62.2 Å². The number of rotatable bonds is 2. The highest BCUT2D eigenvalue weighted by molar-refractivity contribution is 8.13. The molecule has 1 aliphatic carbocycles. The van der Waals surface area contributed by atoms with Crippen molar-refractivity contribution in [3.05, 3.63) is 23.2 Å². The lowest BCUT2D eigenvalue weighted by Gasteiger charge is -2.38. The van der Waals surface area contributed by atoms with Gasteiger partial charge in [-0.15, -0.1) is 0 Å². The summed E-state index contributed by atoms with van der Waals surface area (Å²) in [6.07, 6.45) is 6.93. The van der Waals surface area contributed by atoms with Gasteiger partial charge in [-0.2, -0.15) is 0 Å². The van der Waals surface area contributed by atoms with E-state index in [2.05, 4.69) is 18.3 Å². The van der Waals surface area contributed by atoms with Crippen molar-refractivity contribution < 1.29 is 4.42 Å². The molecule has 0 aromatic carbocycles. The smallest absolute Gasteiger partial charge is 0.157 e. The molecule has 0 saturated heterocycles. The zero-order chi connectivity index (χ0) is 14.9. The van der Waals surface area contributed by atoms with E-state index in [1.165, 1.54) is 43.4 Å². The second-order valence-corrected chi connectivity index (χ2v) is 7.67. The van der Waals surface area contributed by atoms with Crippen molar-refractivity contribution in [1.29, 1.82) is 0 Å². The summed E-state index contributed by atoms with van der Waals surface area (Å²) in [5, 5.41) is 4.67. The maximum Gasteiger partial charge on any atom is 0.157 e. The second-order valence-electron chi connectivity index (χ2n) is 6.71. The van der Waals surface area contributed by atoms with E-state index in [0.717, 1.165) is 23.2 Å². The number of thioether (sulfide) groups is 1. The average molecular weight is 306 g/mol. The molecule has 21 heavy (non-hydrogen) atoms. The number of amidine groups is 1. The minimum atomic E-state index is 0.258. The molecule has 0 bridgehead atoms. The highest BCUT2D eigenvalue weighted by Crippen LogP contribution is 2.41. The van der Waals surface area contributed by atoms with Gasteiger partial charge in [0.1, 0.15) is 11.5 Å². The monoisotopic (exact) mass is 306 g/mol. The van der Waals surface area contributed by atoms with Crippen LogP contribution in [0, 0.1) is 19.3 Å². The van der Waals surface area contributed by atoms with Crippen molar-refractivity contribution in [1.82, 2.24) is 5.32 Å². The van der Waals surface area contributed by atoms with Gasteiger partial charge in [0, 0.05) is 17.9 Å². The van der Waals surface area contributed by atoms with Crippen LogP contribution in [0.5, 0.6) is 0 Å². The fourth-order valence-electron chi connectivity index (χ4n) is 3.59. The van der Waals surface area contributed by atoms with Crippen LogP contribution < -0.4 is 5.32 Å². The standard InChI is InChI=1S/C17H26N2OS/c1-12-9-15(14(3)20-12)13(2)19-16-18-10-17(11-21-16)7-5-4-6-8-17/h9,13H,4-8,10-11H2,1-3H3,(H,18,19). The maximum absolute atomic E-state index is 5.63. The van der Waals surface area contributed by atoms with Gasteiger partial charge in [0.15, 0.2) is 5.17 Å². The van der Waals surface area contributed by atoms with Crippen LogP contribution in [0.4, 0.5) is 0 Å². The highest BCUT2D eigenvalue weighted by Gasteiger charge is 2.35. The molecular weight excluding hydrogens is 280 g/mol. The second kappa shape index (κ2) is 6.07. The Hall–Kier alpha value is -0.900. The van der Waals surface area contributed by atoms with E-state index in [4.69, 9.17) is 9.41 Å². The molecule has 1 spiro atoms. The normalized spacial score (nSPS) is 22.9. The molecule has 1 N–H and O–H groups in total. The summed E-state index contributed by atoms with van der Waals surface area (Å²) >= 11 is 1.91. The lowest BCUT2D eigenvalue weighted by atomic mass is 9.75. The number of aryl methyl sites for hydroxylation is 2. The molecule has 1 saturated carbocycles. The lowest BCUT2D eigenvalue weighted by Crippen LogP contribution is -2.37. The van der Waals surface area contributed by atoms with Gasteiger partial charge in [-0.1, -0.05) is 31.0 Å². The van der Waals surface area contributed by atoms with Crippen molar-refractivity contribution >= 4 is 16.9 Å². The summed E-state index contributed by atoms with van der Waals surface area (Å²) < 4.78 is 5.63. The summed E-state index contributed by atoms with van der Waals surface area (Å²) in [4.78, 5) is 4.85. The van der Waals surface area contributed by atoms with Gasteiger partial charge in [0.2, 0.25) is 0 Å². The van der Waals surface area contributed by atoms with Crippen LogP contribution >= 0.6 is 11.8 Å². The first-order chi connectivity index (χ1) is 10.1. The van der Waals surface area contributed by atoms with E-state index in [9.17, 15) is 0 Å². The Morgan fingerprint density at radius 3 is 2.62 bits per heavy atom. The number of nitrogens with zero attached hydrogens (tertiary/aromatic N) is 1. The molecule has 116 valence electrons. The fraction of sp³-hybridized carbons (Fsp3) is 0.706. The molecule has 3 nitrogen and oxygen atoms in total. The zero-order valence-electron chi connectivity index (χ0n) is 13.4. The molecule has 2 heterocycles. The Bertz CT molecular complexity index is 529. The predicted molar refractivity (Wildman–Crippen MR) is 90.0 cm³/mol. The average Bonchev–Trinajstić information content (AvgIpc) is 2.82. The van der Waals surface area contributed by atoms with Gasteiger partial charge in [-0.25, -0.2) is 0 Å². The van der Waals surface area contributed by atoms with Crippen molar-refractivity contribution in [2.75, 3.05) is 12.3 Å². The molecular formula is C17H26N2OS. The molecule has 1 aromatic heterocycles. The highest BCUT2D eigenvalue weighted by atomic mass is 32.2. The summed E-state index contributed by atoms with van der Waals surface area (Å²) in [5.41, 5.74) is 1.74. The molecule has 0 amide bonds. The molecule has 1 aromatic rings. The SMILES string of the molecule is Cc1cc(C(C)NC2=NCC3(CCCCC3)CS2)c(C)o1. The Labute approximate surface area is 132 Å². The van der Waals surface area contributed by atoms with Crippen LogP contribution in [-0.2, 0) is 0 Å². The first-order valence-corrected chi connectivity index (χ1v) is 9.07. The molecule has 1 atom stereocenters. The topological polar surface area (TPSA) is 37.5 Å². The zero-order valence-corrected chi connectivity index (χ0v) is 14.2. The molecule has 1 fully saturated rings. The van der Waals surface area contributed by atoms with Crippen LogP contribution in [0.2, 0.25) is 0 Å². The van der Waals surface area contributed by atoms with Crippen molar-refractivity contribution in [3.8, 4) is 0 Å². The van der Waals surface area contributed by atoms with Gasteiger partial charge in [0.25, 0.3) is 0 Å². The lowest BCUT2D eigenvalue weighted by molar-refractivity contribution is 0.232. The number of nitrogens with one attached hydrogen (secondary N) is 1. The van der Waals surface area contributed by atoms with E-state index in [1.807, 2.05) is 25.6 Å². The summed E-state index contributed by atoms with van der Waals surface area (Å²) in [7, 11) is 0. The third kappa shape index (κ3) is 3.31. The molecule has 1 unspecified atom stereocenters. The van der Waals surface area contributed by atoms with E-state index >= 15 is 0 Å². The van der Waals surface area contributed by atoms with Gasteiger partial charge < -0.3 is 9.73 Å². The summed E-state index contributed by atoms with van der Waals surface area (Å²) in [5.74, 6) is 3.22. The van der Waals surface area contributed by atoms with Crippen molar-refractivity contribution in [3.63, 3.8) is 0 Å². The first-order valence-electron chi connectivity index (χ1n) is 8.09. The van der Waals surface area contributed by atoms with Crippen LogP contribution in [0.15, 0.2) is 15.5 Å². The van der Waals surface area contributed by atoms with Crippen molar-refractivity contribution in [2.24, 2.45) is 10.4 Å².